The highest BCUT2D eigenvalue weighted by Gasteiger charge is 2.07. The minimum Gasteiger partial charge on any atom is -0.328 e. The van der Waals surface area contributed by atoms with Gasteiger partial charge in [0.2, 0.25) is 0 Å². The van der Waals surface area contributed by atoms with Crippen molar-refractivity contribution in [2.45, 2.75) is 29.4 Å². The van der Waals surface area contributed by atoms with Gasteiger partial charge in [0, 0.05) is 18.4 Å². The van der Waals surface area contributed by atoms with E-state index in [1.807, 2.05) is 31.2 Å². The number of rotatable bonds is 4. The zero-order chi connectivity index (χ0) is 12.1. The normalized spacial score (nSPS) is 12.4. The molecular formula is C13H15N3S. The lowest BCUT2D eigenvalue weighted by Crippen LogP contribution is -2.18. The molecule has 2 rings (SSSR count). The van der Waals surface area contributed by atoms with E-state index in [9.17, 15) is 0 Å². The van der Waals surface area contributed by atoms with Gasteiger partial charge in [-0.3, -0.25) is 0 Å². The smallest absolute Gasteiger partial charge is 0.105 e. The summed E-state index contributed by atoms with van der Waals surface area (Å²) in [6.45, 7) is 2.00. The molecule has 0 radical (unpaired) electrons. The number of pyridine rings is 2. The highest BCUT2D eigenvalue weighted by molar-refractivity contribution is 7.99. The molecule has 0 bridgehead atoms. The SMILES string of the molecule is CC(N)Cc1cccnc1Sc1ccccn1. The lowest BCUT2D eigenvalue weighted by atomic mass is 10.1. The fourth-order valence-electron chi connectivity index (χ4n) is 1.52. The fourth-order valence-corrected chi connectivity index (χ4v) is 2.38. The Morgan fingerprint density at radius 1 is 1.18 bits per heavy atom. The van der Waals surface area contributed by atoms with Crippen molar-refractivity contribution in [3.05, 3.63) is 48.3 Å². The maximum atomic E-state index is 5.83. The Labute approximate surface area is 105 Å². The minimum atomic E-state index is 0.141. The van der Waals surface area contributed by atoms with E-state index in [4.69, 9.17) is 5.73 Å². The van der Waals surface area contributed by atoms with Crippen LogP contribution in [0.5, 0.6) is 0 Å². The monoisotopic (exact) mass is 245 g/mol. The first-order chi connectivity index (χ1) is 8.25. The highest BCUT2D eigenvalue weighted by Crippen LogP contribution is 2.27. The Morgan fingerprint density at radius 3 is 2.71 bits per heavy atom. The van der Waals surface area contributed by atoms with Crippen LogP contribution in [0.3, 0.4) is 0 Å². The molecule has 2 aromatic heterocycles. The molecule has 2 heterocycles. The summed E-state index contributed by atoms with van der Waals surface area (Å²) in [6, 6.07) is 10.0. The van der Waals surface area contributed by atoms with E-state index in [1.54, 1.807) is 24.2 Å². The molecule has 0 aliphatic carbocycles. The summed E-state index contributed by atoms with van der Waals surface area (Å²) in [5, 5.41) is 1.95. The second kappa shape index (κ2) is 5.80. The van der Waals surface area contributed by atoms with E-state index in [0.29, 0.717) is 0 Å². The number of aromatic nitrogens is 2. The lowest BCUT2D eigenvalue weighted by molar-refractivity contribution is 0.722. The van der Waals surface area contributed by atoms with Crippen molar-refractivity contribution < 1.29 is 0 Å². The molecule has 1 atom stereocenters. The van der Waals surface area contributed by atoms with Crippen LogP contribution in [-0.4, -0.2) is 16.0 Å². The Balaban J connectivity index is 2.20. The molecule has 0 aliphatic rings. The van der Waals surface area contributed by atoms with Crippen LogP contribution in [0.4, 0.5) is 0 Å². The minimum absolute atomic E-state index is 0.141. The van der Waals surface area contributed by atoms with E-state index in [-0.39, 0.29) is 6.04 Å². The van der Waals surface area contributed by atoms with Crippen molar-refractivity contribution >= 4 is 11.8 Å². The summed E-state index contributed by atoms with van der Waals surface area (Å²) in [5.74, 6) is 0. The molecule has 0 aromatic carbocycles. The van der Waals surface area contributed by atoms with Gasteiger partial charge in [0.1, 0.15) is 10.1 Å². The van der Waals surface area contributed by atoms with Gasteiger partial charge < -0.3 is 5.73 Å². The third kappa shape index (κ3) is 3.54. The van der Waals surface area contributed by atoms with Gasteiger partial charge in [-0.15, -0.1) is 0 Å². The summed E-state index contributed by atoms with van der Waals surface area (Å²) >= 11 is 1.58. The molecule has 0 aliphatic heterocycles. The van der Waals surface area contributed by atoms with E-state index in [0.717, 1.165) is 16.5 Å². The van der Waals surface area contributed by atoms with Crippen molar-refractivity contribution in [1.29, 1.82) is 0 Å². The third-order valence-corrected chi connectivity index (χ3v) is 3.24. The van der Waals surface area contributed by atoms with Crippen LogP contribution in [0.15, 0.2) is 52.8 Å². The molecular weight excluding hydrogens is 230 g/mol. The van der Waals surface area contributed by atoms with Gasteiger partial charge in [-0.05, 0) is 48.9 Å². The van der Waals surface area contributed by atoms with Crippen LogP contribution >= 0.6 is 11.8 Å². The topological polar surface area (TPSA) is 51.8 Å². The van der Waals surface area contributed by atoms with Crippen LogP contribution in [0.1, 0.15) is 12.5 Å². The average molecular weight is 245 g/mol. The van der Waals surface area contributed by atoms with Crippen LogP contribution in [-0.2, 0) is 6.42 Å². The number of nitrogens with zero attached hydrogens (tertiary/aromatic N) is 2. The van der Waals surface area contributed by atoms with Crippen LogP contribution in [0.25, 0.3) is 0 Å². The Kier molecular flexibility index (Phi) is 4.12. The van der Waals surface area contributed by atoms with Crippen molar-refractivity contribution in [2.24, 2.45) is 5.73 Å². The zero-order valence-electron chi connectivity index (χ0n) is 9.71. The number of hydrogen-bond donors (Lipinski definition) is 1. The van der Waals surface area contributed by atoms with E-state index in [2.05, 4.69) is 16.0 Å². The number of nitrogens with two attached hydrogens (primary N) is 1. The van der Waals surface area contributed by atoms with Gasteiger partial charge in [-0.25, -0.2) is 9.97 Å². The fraction of sp³-hybridized carbons (Fsp3) is 0.231. The lowest BCUT2D eigenvalue weighted by Gasteiger charge is -2.09. The van der Waals surface area contributed by atoms with Gasteiger partial charge in [-0.1, -0.05) is 12.1 Å². The summed E-state index contributed by atoms with van der Waals surface area (Å²) in [7, 11) is 0. The molecule has 1 unspecified atom stereocenters. The van der Waals surface area contributed by atoms with Gasteiger partial charge >= 0.3 is 0 Å². The largest absolute Gasteiger partial charge is 0.328 e. The molecule has 0 spiro atoms. The molecule has 0 amide bonds. The van der Waals surface area contributed by atoms with Crippen molar-refractivity contribution in [2.75, 3.05) is 0 Å². The molecule has 2 N–H and O–H groups in total. The first-order valence-electron chi connectivity index (χ1n) is 5.54. The van der Waals surface area contributed by atoms with Crippen LogP contribution < -0.4 is 5.73 Å². The first kappa shape index (κ1) is 12.1. The molecule has 0 fully saturated rings. The predicted octanol–water partition coefficient (Wildman–Crippen LogP) is 2.52. The third-order valence-electron chi connectivity index (χ3n) is 2.23. The van der Waals surface area contributed by atoms with Crippen molar-refractivity contribution in [3.63, 3.8) is 0 Å². The van der Waals surface area contributed by atoms with Crippen molar-refractivity contribution in [1.82, 2.24) is 9.97 Å². The zero-order valence-corrected chi connectivity index (χ0v) is 10.5. The molecule has 88 valence electrons. The average Bonchev–Trinajstić information content (AvgIpc) is 2.32. The van der Waals surface area contributed by atoms with E-state index in [1.165, 1.54) is 5.56 Å². The molecule has 0 saturated carbocycles. The van der Waals surface area contributed by atoms with Crippen LogP contribution in [0, 0.1) is 0 Å². The maximum Gasteiger partial charge on any atom is 0.105 e. The van der Waals surface area contributed by atoms with Gasteiger partial charge in [0.05, 0.1) is 0 Å². The Hall–Kier alpha value is -1.39. The summed E-state index contributed by atoms with van der Waals surface area (Å²) in [5.41, 5.74) is 7.01. The Bertz CT molecular complexity index is 471. The molecule has 17 heavy (non-hydrogen) atoms. The van der Waals surface area contributed by atoms with E-state index < -0.39 is 0 Å². The van der Waals surface area contributed by atoms with Crippen LogP contribution in [0.2, 0.25) is 0 Å². The van der Waals surface area contributed by atoms with Gasteiger partial charge in [-0.2, -0.15) is 0 Å². The maximum absolute atomic E-state index is 5.83. The van der Waals surface area contributed by atoms with Gasteiger partial charge in [0.15, 0.2) is 0 Å². The standard InChI is InChI=1S/C13H15N3S/c1-10(14)9-11-5-4-8-16-13(11)17-12-6-2-3-7-15-12/h2-8,10H,9,14H2,1H3. The molecule has 3 nitrogen and oxygen atoms in total. The van der Waals surface area contributed by atoms with E-state index >= 15 is 0 Å². The quantitative estimate of drug-likeness (QED) is 0.899. The summed E-state index contributed by atoms with van der Waals surface area (Å²) < 4.78 is 0. The summed E-state index contributed by atoms with van der Waals surface area (Å²) in [4.78, 5) is 8.68. The number of hydrogen-bond acceptors (Lipinski definition) is 4. The predicted molar refractivity (Wildman–Crippen MR) is 70.0 cm³/mol. The second-order valence-corrected chi connectivity index (χ2v) is 4.93. The van der Waals surface area contributed by atoms with Crippen molar-refractivity contribution in [3.8, 4) is 0 Å². The first-order valence-corrected chi connectivity index (χ1v) is 6.35. The Morgan fingerprint density at radius 2 is 2.00 bits per heavy atom. The summed E-state index contributed by atoms with van der Waals surface area (Å²) in [6.07, 6.45) is 4.43. The highest BCUT2D eigenvalue weighted by atomic mass is 32.2. The molecule has 2 aromatic rings. The second-order valence-electron chi connectivity index (χ2n) is 3.92. The molecule has 0 saturated heterocycles. The molecule has 4 heteroatoms. The van der Waals surface area contributed by atoms with Gasteiger partial charge in [0.25, 0.3) is 0 Å².